The zero-order valence-corrected chi connectivity index (χ0v) is 15.3. The van der Waals surface area contributed by atoms with Crippen LogP contribution in [0.2, 0.25) is 0 Å². The first kappa shape index (κ1) is 17.5. The number of likely N-dealkylation sites (N-methyl/N-ethyl adjacent to an activating group) is 1. The van der Waals surface area contributed by atoms with Crippen LogP contribution in [-0.4, -0.2) is 65.9 Å². The van der Waals surface area contributed by atoms with Crippen LogP contribution >= 0.6 is 0 Å². The number of benzene rings is 1. The van der Waals surface area contributed by atoms with Crippen molar-refractivity contribution in [3.63, 3.8) is 0 Å². The van der Waals surface area contributed by atoms with E-state index in [0.29, 0.717) is 11.3 Å². The monoisotopic (exact) mass is 371 g/mol. The van der Waals surface area contributed by atoms with Crippen LogP contribution in [0.4, 0.5) is 5.69 Å². The maximum absolute atomic E-state index is 13.2. The third-order valence-electron chi connectivity index (χ3n) is 5.36. The van der Waals surface area contributed by atoms with E-state index in [2.05, 4.69) is 0 Å². The smallest absolute Gasteiger partial charge is 0.354 e. The molecule has 2 aliphatic heterocycles. The Morgan fingerprint density at radius 1 is 1.22 bits per heavy atom. The molecule has 8 nitrogen and oxygen atoms in total. The Balaban J connectivity index is 1.78. The van der Waals surface area contributed by atoms with Crippen LogP contribution in [0.1, 0.15) is 36.0 Å². The highest BCUT2D eigenvalue weighted by atomic mass is 16.5. The summed E-state index contributed by atoms with van der Waals surface area (Å²) < 4.78 is 5.31. The summed E-state index contributed by atoms with van der Waals surface area (Å²) in [5.41, 5.74) is -0.666. The number of para-hydroxylation sites is 1. The number of carbonyl (C=O) groups is 4. The van der Waals surface area contributed by atoms with Crippen molar-refractivity contribution in [2.45, 2.75) is 37.4 Å². The number of hydrogen-bond donors (Lipinski definition) is 0. The van der Waals surface area contributed by atoms with Crippen LogP contribution in [0.5, 0.6) is 0 Å². The van der Waals surface area contributed by atoms with Gasteiger partial charge in [-0.15, -0.1) is 0 Å². The summed E-state index contributed by atoms with van der Waals surface area (Å²) in [6.45, 7) is -0.427. The van der Waals surface area contributed by atoms with Crippen molar-refractivity contribution < 1.29 is 23.9 Å². The Hall–Kier alpha value is -2.90. The van der Waals surface area contributed by atoms with Crippen LogP contribution in [0, 0.1) is 0 Å². The van der Waals surface area contributed by atoms with Crippen molar-refractivity contribution in [3.05, 3.63) is 29.8 Å². The van der Waals surface area contributed by atoms with Crippen molar-refractivity contribution >= 4 is 29.4 Å². The Bertz CT molecular complexity index is 848. The third kappa shape index (κ3) is 2.50. The van der Waals surface area contributed by atoms with E-state index in [1.807, 2.05) is 0 Å². The maximum atomic E-state index is 13.2. The second-order valence-electron chi connectivity index (χ2n) is 7.33. The van der Waals surface area contributed by atoms with Gasteiger partial charge in [-0.05, 0) is 25.0 Å². The van der Waals surface area contributed by atoms with Gasteiger partial charge in [0.15, 0.2) is 6.61 Å². The zero-order valence-electron chi connectivity index (χ0n) is 15.3. The normalized spacial score (nSPS) is 23.8. The van der Waals surface area contributed by atoms with Crippen LogP contribution in [0.15, 0.2) is 24.3 Å². The van der Waals surface area contributed by atoms with Crippen LogP contribution in [0.25, 0.3) is 0 Å². The van der Waals surface area contributed by atoms with Crippen molar-refractivity contribution in [2.24, 2.45) is 0 Å². The van der Waals surface area contributed by atoms with Gasteiger partial charge in [0.05, 0.1) is 11.3 Å². The molecule has 1 saturated carbocycles. The first-order chi connectivity index (χ1) is 12.9. The number of carbonyl (C=O) groups excluding carboxylic acids is 4. The van der Waals surface area contributed by atoms with E-state index in [1.165, 1.54) is 14.7 Å². The molecule has 3 amide bonds. The van der Waals surface area contributed by atoms with Crippen LogP contribution < -0.4 is 4.90 Å². The Morgan fingerprint density at radius 3 is 2.59 bits per heavy atom. The summed E-state index contributed by atoms with van der Waals surface area (Å²) in [6.07, 6.45) is 1.86. The molecule has 1 atom stereocenters. The zero-order chi connectivity index (χ0) is 19.3. The molecule has 8 heteroatoms. The van der Waals surface area contributed by atoms with Gasteiger partial charge in [0.2, 0.25) is 11.6 Å². The first-order valence-corrected chi connectivity index (χ1v) is 9.01. The molecule has 1 aromatic carbocycles. The Labute approximate surface area is 156 Å². The van der Waals surface area contributed by atoms with E-state index in [9.17, 15) is 19.2 Å². The van der Waals surface area contributed by atoms with Gasteiger partial charge in [-0.3, -0.25) is 19.3 Å². The molecular formula is C19H21N3O5. The van der Waals surface area contributed by atoms with Crippen LogP contribution in [-0.2, 0) is 19.1 Å². The predicted octanol–water partition coefficient (Wildman–Crippen LogP) is 0.759. The van der Waals surface area contributed by atoms with E-state index in [4.69, 9.17) is 4.74 Å². The number of nitrogens with zero attached hydrogens (tertiary/aromatic N) is 3. The topological polar surface area (TPSA) is 87.2 Å². The summed E-state index contributed by atoms with van der Waals surface area (Å²) in [7, 11) is 3.13. The lowest BCUT2D eigenvalue weighted by atomic mass is 9.96. The number of amides is 3. The second-order valence-corrected chi connectivity index (χ2v) is 7.33. The molecule has 4 rings (SSSR count). The summed E-state index contributed by atoms with van der Waals surface area (Å²) in [6, 6.07) is 6.72. The summed E-state index contributed by atoms with van der Waals surface area (Å²) >= 11 is 0. The van der Waals surface area contributed by atoms with E-state index in [0.717, 1.165) is 12.8 Å². The molecule has 1 aromatic rings. The fourth-order valence-electron chi connectivity index (χ4n) is 3.88. The lowest BCUT2D eigenvalue weighted by Gasteiger charge is -2.48. The number of anilines is 1. The van der Waals surface area contributed by atoms with E-state index < -0.39 is 18.2 Å². The molecule has 2 fully saturated rings. The highest BCUT2D eigenvalue weighted by Gasteiger charge is 2.64. The Kier molecular flexibility index (Phi) is 3.94. The van der Waals surface area contributed by atoms with Crippen molar-refractivity contribution in [3.8, 4) is 0 Å². The molecule has 0 radical (unpaired) electrons. The van der Waals surface area contributed by atoms with Gasteiger partial charge in [-0.25, -0.2) is 4.79 Å². The quantitative estimate of drug-likeness (QED) is 0.730. The molecule has 2 heterocycles. The van der Waals surface area contributed by atoms with Crippen LogP contribution in [0.3, 0.4) is 0 Å². The predicted molar refractivity (Wildman–Crippen MR) is 94.7 cm³/mol. The highest BCUT2D eigenvalue weighted by Crippen LogP contribution is 2.49. The molecule has 0 spiro atoms. The number of fused-ring (bicyclic) bond motifs is 3. The molecule has 27 heavy (non-hydrogen) atoms. The summed E-state index contributed by atoms with van der Waals surface area (Å²) in [4.78, 5) is 55.2. The first-order valence-electron chi connectivity index (χ1n) is 9.01. The number of ether oxygens (including phenoxy) is 1. The van der Waals surface area contributed by atoms with Crippen molar-refractivity contribution in [2.75, 3.05) is 25.6 Å². The fraction of sp³-hybridized carbons (Fsp3) is 0.474. The van der Waals surface area contributed by atoms with Crippen molar-refractivity contribution in [1.29, 1.82) is 0 Å². The molecule has 0 aromatic heterocycles. The Morgan fingerprint density at radius 2 is 1.93 bits per heavy atom. The average Bonchev–Trinajstić information content (AvgIpc) is 3.42. The lowest BCUT2D eigenvalue weighted by Crippen LogP contribution is -2.69. The average molecular weight is 371 g/mol. The SMILES string of the molecule is CN(C)C(=O)COC(=O)[C@@]12CCC(=O)N1c1ccccc1C(=O)N2C1CC1. The van der Waals surface area contributed by atoms with Gasteiger partial charge in [-0.2, -0.15) is 0 Å². The van der Waals surface area contributed by atoms with Gasteiger partial charge >= 0.3 is 5.97 Å². The van der Waals surface area contributed by atoms with E-state index in [-0.39, 0.29) is 36.6 Å². The van der Waals surface area contributed by atoms with Crippen molar-refractivity contribution in [1.82, 2.24) is 9.80 Å². The maximum Gasteiger partial charge on any atom is 0.354 e. The summed E-state index contributed by atoms with van der Waals surface area (Å²) in [5.74, 6) is -1.58. The molecule has 0 unspecified atom stereocenters. The molecular weight excluding hydrogens is 350 g/mol. The standard InChI is InChI=1S/C19H21N3O5/c1-20(2)16(24)11-27-18(26)19-10-9-15(23)22(19)14-6-4-3-5-13(14)17(25)21(19)12-7-8-12/h3-6,12H,7-11H2,1-2H3/t19-/m1/s1. The molecule has 0 N–H and O–H groups in total. The lowest BCUT2D eigenvalue weighted by molar-refractivity contribution is -0.161. The second kappa shape index (κ2) is 6.07. The minimum atomic E-state index is -1.50. The van der Waals surface area contributed by atoms with E-state index >= 15 is 0 Å². The third-order valence-corrected chi connectivity index (χ3v) is 5.36. The minimum Gasteiger partial charge on any atom is -0.452 e. The summed E-state index contributed by atoms with van der Waals surface area (Å²) in [5, 5.41) is 0. The van der Waals surface area contributed by atoms with Gasteiger partial charge in [0.1, 0.15) is 0 Å². The largest absolute Gasteiger partial charge is 0.452 e. The van der Waals surface area contributed by atoms with Gasteiger partial charge < -0.3 is 14.5 Å². The van der Waals surface area contributed by atoms with E-state index in [1.54, 1.807) is 38.4 Å². The molecule has 1 aliphatic carbocycles. The highest BCUT2D eigenvalue weighted by molar-refractivity contribution is 6.15. The number of rotatable bonds is 4. The molecule has 3 aliphatic rings. The number of hydrogen-bond acceptors (Lipinski definition) is 5. The number of esters is 1. The van der Waals surface area contributed by atoms with Gasteiger partial charge in [-0.1, -0.05) is 12.1 Å². The van der Waals surface area contributed by atoms with Gasteiger partial charge in [0.25, 0.3) is 11.8 Å². The molecule has 0 bridgehead atoms. The van der Waals surface area contributed by atoms with Gasteiger partial charge in [0, 0.05) is 33.0 Å². The molecule has 142 valence electrons. The molecule has 1 saturated heterocycles. The fourth-order valence-corrected chi connectivity index (χ4v) is 3.88. The minimum absolute atomic E-state index is 0.101.